The summed E-state index contributed by atoms with van der Waals surface area (Å²) in [6, 6.07) is 9.04. The summed E-state index contributed by atoms with van der Waals surface area (Å²) >= 11 is 0. The van der Waals surface area contributed by atoms with Crippen molar-refractivity contribution in [3.05, 3.63) is 47.0 Å². The molecule has 0 heterocycles. The molecule has 21 heavy (non-hydrogen) atoms. The fourth-order valence-corrected chi connectivity index (χ4v) is 2.90. The first-order valence-electron chi connectivity index (χ1n) is 7.43. The maximum atomic E-state index is 13.0. The Bertz CT molecular complexity index is 571. The zero-order chi connectivity index (χ0) is 15.5. The van der Waals surface area contributed by atoms with Crippen LogP contribution in [0.1, 0.15) is 50.4 Å². The third kappa shape index (κ3) is 2.92. The van der Waals surface area contributed by atoms with E-state index < -0.39 is 5.41 Å². The summed E-state index contributed by atoms with van der Waals surface area (Å²) in [5.41, 5.74) is 1.92. The molecule has 0 amide bonds. The number of ether oxygens (including phenoxy) is 1. The van der Waals surface area contributed by atoms with Crippen LogP contribution in [0.25, 0.3) is 0 Å². The Labute approximate surface area is 126 Å². The van der Waals surface area contributed by atoms with Crippen LogP contribution in [0.5, 0.6) is 0 Å². The first kappa shape index (κ1) is 15.5. The van der Waals surface area contributed by atoms with Gasteiger partial charge in [0.25, 0.3) is 0 Å². The van der Waals surface area contributed by atoms with Crippen molar-refractivity contribution in [3.63, 3.8) is 0 Å². The first-order chi connectivity index (χ1) is 10.0. The van der Waals surface area contributed by atoms with Crippen LogP contribution in [0, 0.1) is 5.41 Å². The van der Waals surface area contributed by atoms with Crippen molar-refractivity contribution in [2.75, 3.05) is 6.61 Å². The molecule has 0 aliphatic heterocycles. The third-order valence-electron chi connectivity index (χ3n) is 4.36. The molecule has 0 N–H and O–H groups in total. The standard InChI is InChI=1S/C18H22O3/c1-4-21-17(20)18(11-10-13(2)14(3)12-18)16(19)15-8-6-5-7-9-15/h5-9H,4,10-12H2,1-3H3. The summed E-state index contributed by atoms with van der Waals surface area (Å²) in [6.45, 7) is 6.14. The number of allylic oxidation sites excluding steroid dienone is 2. The van der Waals surface area contributed by atoms with Gasteiger partial charge in [-0.25, -0.2) is 0 Å². The number of benzene rings is 1. The first-order valence-corrected chi connectivity index (χ1v) is 7.43. The molecule has 3 heteroatoms. The Kier molecular flexibility index (Phi) is 4.61. The lowest BCUT2D eigenvalue weighted by molar-refractivity contribution is -0.152. The summed E-state index contributed by atoms with van der Waals surface area (Å²) in [6.07, 6.45) is 1.76. The predicted molar refractivity (Wildman–Crippen MR) is 82.1 cm³/mol. The van der Waals surface area contributed by atoms with E-state index in [1.54, 1.807) is 19.1 Å². The lowest BCUT2D eigenvalue weighted by Gasteiger charge is -2.34. The van der Waals surface area contributed by atoms with Gasteiger partial charge in [-0.2, -0.15) is 0 Å². The molecule has 3 nitrogen and oxygen atoms in total. The summed E-state index contributed by atoms with van der Waals surface area (Å²) in [4.78, 5) is 25.5. The van der Waals surface area contributed by atoms with E-state index in [0.717, 1.165) is 12.0 Å². The lowest BCUT2D eigenvalue weighted by atomic mass is 9.68. The van der Waals surface area contributed by atoms with Crippen LogP contribution in [-0.4, -0.2) is 18.4 Å². The molecule has 0 saturated heterocycles. The molecule has 2 rings (SSSR count). The van der Waals surface area contributed by atoms with E-state index in [0.29, 0.717) is 25.0 Å². The van der Waals surface area contributed by atoms with E-state index in [2.05, 4.69) is 6.92 Å². The van der Waals surface area contributed by atoms with Gasteiger partial charge in [-0.15, -0.1) is 0 Å². The molecular weight excluding hydrogens is 264 g/mol. The minimum atomic E-state index is -1.05. The minimum absolute atomic E-state index is 0.117. The van der Waals surface area contributed by atoms with Crippen molar-refractivity contribution < 1.29 is 14.3 Å². The van der Waals surface area contributed by atoms with E-state index in [4.69, 9.17) is 4.74 Å². The topological polar surface area (TPSA) is 43.4 Å². The van der Waals surface area contributed by atoms with Gasteiger partial charge in [0.1, 0.15) is 5.41 Å². The summed E-state index contributed by atoms with van der Waals surface area (Å²) in [5, 5.41) is 0. The quantitative estimate of drug-likeness (QED) is 0.364. The Morgan fingerprint density at radius 1 is 1.14 bits per heavy atom. The molecule has 0 fully saturated rings. The van der Waals surface area contributed by atoms with E-state index in [1.807, 2.05) is 25.1 Å². The zero-order valence-electron chi connectivity index (χ0n) is 12.9. The van der Waals surface area contributed by atoms with Gasteiger partial charge < -0.3 is 4.74 Å². The van der Waals surface area contributed by atoms with Crippen molar-refractivity contribution in [3.8, 4) is 0 Å². The number of hydrogen-bond acceptors (Lipinski definition) is 3. The van der Waals surface area contributed by atoms with Gasteiger partial charge in [-0.05, 0) is 40.0 Å². The van der Waals surface area contributed by atoms with Crippen LogP contribution < -0.4 is 0 Å². The zero-order valence-corrected chi connectivity index (χ0v) is 12.9. The molecule has 0 radical (unpaired) electrons. The number of carbonyl (C=O) groups excluding carboxylic acids is 2. The Morgan fingerprint density at radius 3 is 2.38 bits per heavy atom. The van der Waals surface area contributed by atoms with E-state index >= 15 is 0 Å². The molecule has 0 saturated carbocycles. The Hall–Kier alpha value is -1.90. The van der Waals surface area contributed by atoms with Crippen LogP contribution in [0.2, 0.25) is 0 Å². The highest BCUT2D eigenvalue weighted by molar-refractivity contribution is 6.12. The number of hydrogen-bond donors (Lipinski definition) is 0. The molecule has 1 aliphatic carbocycles. The highest BCUT2D eigenvalue weighted by Gasteiger charge is 2.48. The SMILES string of the molecule is CCOC(=O)C1(C(=O)c2ccccc2)CCC(C)=C(C)C1. The average Bonchev–Trinajstić information content (AvgIpc) is 2.50. The number of ketones is 1. The molecule has 1 unspecified atom stereocenters. The monoisotopic (exact) mass is 286 g/mol. The van der Waals surface area contributed by atoms with Crippen molar-refractivity contribution in [2.45, 2.75) is 40.0 Å². The van der Waals surface area contributed by atoms with Crippen molar-refractivity contribution in [1.82, 2.24) is 0 Å². The molecular formula is C18H22O3. The summed E-state index contributed by atoms with van der Waals surface area (Å²) in [7, 11) is 0. The lowest BCUT2D eigenvalue weighted by Crippen LogP contribution is -2.42. The summed E-state index contributed by atoms with van der Waals surface area (Å²) in [5.74, 6) is -0.501. The molecule has 1 aromatic carbocycles. The fourth-order valence-electron chi connectivity index (χ4n) is 2.90. The second kappa shape index (κ2) is 6.25. The molecule has 1 aromatic rings. The summed E-state index contributed by atoms with van der Waals surface area (Å²) < 4.78 is 5.23. The predicted octanol–water partition coefficient (Wildman–Crippen LogP) is 3.94. The maximum Gasteiger partial charge on any atom is 0.320 e. The van der Waals surface area contributed by atoms with Gasteiger partial charge in [0, 0.05) is 5.56 Å². The van der Waals surface area contributed by atoms with Gasteiger partial charge in [-0.3, -0.25) is 9.59 Å². The van der Waals surface area contributed by atoms with Crippen molar-refractivity contribution in [1.29, 1.82) is 0 Å². The average molecular weight is 286 g/mol. The molecule has 0 spiro atoms. The minimum Gasteiger partial charge on any atom is -0.465 e. The van der Waals surface area contributed by atoms with Gasteiger partial charge in [0.15, 0.2) is 5.78 Å². The Morgan fingerprint density at radius 2 is 1.81 bits per heavy atom. The van der Waals surface area contributed by atoms with E-state index in [9.17, 15) is 9.59 Å². The van der Waals surface area contributed by atoms with Gasteiger partial charge >= 0.3 is 5.97 Å². The van der Waals surface area contributed by atoms with Crippen LogP contribution in [0.15, 0.2) is 41.5 Å². The Balaban J connectivity index is 2.43. The fraction of sp³-hybridized carbons (Fsp3) is 0.444. The van der Waals surface area contributed by atoms with E-state index in [-0.39, 0.29) is 11.8 Å². The van der Waals surface area contributed by atoms with Gasteiger partial charge in [0.05, 0.1) is 6.61 Å². The van der Waals surface area contributed by atoms with Crippen molar-refractivity contribution in [2.24, 2.45) is 5.41 Å². The molecule has 1 aliphatic rings. The highest BCUT2D eigenvalue weighted by Crippen LogP contribution is 2.42. The highest BCUT2D eigenvalue weighted by atomic mass is 16.5. The van der Waals surface area contributed by atoms with Gasteiger partial charge in [-0.1, -0.05) is 41.5 Å². The second-order valence-corrected chi connectivity index (χ2v) is 5.74. The number of esters is 1. The van der Waals surface area contributed by atoms with Crippen LogP contribution in [0.3, 0.4) is 0 Å². The molecule has 112 valence electrons. The van der Waals surface area contributed by atoms with E-state index in [1.165, 1.54) is 5.57 Å². The van der Waals surface area contributed by atoms with Crippen LogP contribution in [-0.2, 0) is 9.53 Å². The second-order valence-electron chi connectivity index (χ2n) is 5.74. The molecule has 0 aromatic heterocycles. The van der Waals surface area contributed by atoms with Crippen LogP contribution >= 0.6 is 0 Å². The number of carbonyl (C=O) groups is 2. The largest absolute Gasteiger partial charge is 0.465 e. The van der Waals surface area contributed by atoms with Crippen LogP contribution in [0.4, 0.5) is 0 Å². The molecule has 0 bridgehead atoms. The molecule has 1 atom stereocenters. The maximum absolute atomic E-state index is 13.0. The van der Waals surface area contributed by atoms with Crippen molar-refractivity contribution >= 4 is 11.8 Å². The van der Waals surface area contributed by atoms with Gasteiger partial charge in [0.2, 0.25) is 0 Å². The third-order valence-corrected chi connectivity index (χ3v) is 4.36. The normalized spacial score (nSPS) is 22.0. The number of Topliss-reactive ketones (excluding diaryl/α,β-unsaturated/α-hetero) is 1. The number of rotatable bonds is 4. The smallest absolute Gasteiger partial charge is 0.320 e.